The highest BCUT2D eigenvalue weighted by atomic mass is 16.7. The van der Waals surface area contributed by atoms with Gasteiger partial charge < -0.3 is 9.47 Å². The summed E-state index contributed by atoms with van der Waals surface area (Å²) in [7, 11) is 0. The predicted octanol–water partition coefficient (Wildman–Crippen LogP) is 3.25. The van der Waals surface area contributed by atoms with Gasteiger partial charge in [0.15, 0.2) is 6.29 Å². The van der Waals surface area contributed by atoms with E-state index in [9.17, 15) is 0 Å². The molecule has 1 unspecified atom stereocenters. The van der Waals surface area contributed by atoms with Crippen molar-refractivity contribution < 1.29 is 9.47 Å². The quantitative estimate of drug-likeness (QED) is 0.541. The molecule has 1 rings (SSSR count). The molecular weight excluding hydrogens is 188 g/mol. The highest BCUT2D eigenvalue weighted by Crippen LogP contribution is 2.14. The number of ether oxygens (including phenoxy) is 2. The van der Waals surface area contributed by atoms with Crippen LogP contribution in [0.25, 0.3) is 6.08 Å². The molecule has 0 aliphatic rings. The molecule has 0 aliphatic heterocycles. The molecule has 0 aromatic heterocycles. The number of benzene rings is 1. The maximum atomic E-state index is 5.52. The monoisotopic (exact) mass is 204 g/mol. The number of hydrogen-bond donors (Lipinski definition) is 0. The lowest BCUT2D eigenvalue weighted by Crippen LogP contribution is -2.15. The molecule has 0 saturated carbocycles. The first-order valence-corrected chi connectivity index (χ1v) is 5.00. The zero-order chi connectivity index (χ0) is 11.1. The van der Waals surface area contributed by atoms with E-state index < -0.39 is 0 Å². The fourth-order valence-electron chi connectivity index (χ4n) is 1.22. The Bertz CT molecular complexity index is 334. The standard InChI is InChI=1S/C13H16O2/c1-4-6-12-7-9-13(10-8-12)15-11(3)14-5-2/h6-11H,1,5H2,2-3H3. The molecule has 1 aromatic rings. The maximum Gasteiger partial charge on any atom is 0.196 e. The first-order valence-electron chi connectivity index (χ1n) is 5.00. The van der Waals surface area contributed by atoms with Gasteiger partial charge in [-0.3, -0.25) is 0 Å². The molecule has 0 saturated heterocycles. The van der Waals surface area contributed by atoms with E-state index in [0.29, 0.717) is 6.61 Å². The van der Waals surface area contributed by atoms with Crippen molar-refractivity contribution in [3.05, 3.63) is 42.1 Å². The summed E-state index contributed by atoms with van der Waals surface area (Å²) in [5.41, 5.74) is 3.78. The molecule has 2 nitrogen and oxygen atoms in total. The third-order valence-electron chi connectivity index (χ3n) is 1.85. The van der Waals surface area contributed by atoms with Crippen LogP contribution in [0.15, 0.2) is 36.6 Å². The lowest BCUT2D eigenvalue weighted by molar-refractivity contribution is -0.0613. The van der Waals surface area contributed by atoms with Crippen LogP contribution in [0.5, 0.6) is 5.75 Å². The highest BCUT2D eigenvalue weighted by molar-refractivity contribution is 5.49. The first-order chi connectivity index (χ1) is 7.26. The highest BCUT2D eigenvalue weighted by Gasteiger charge is 2.01. The van der Waals surface area contributed by atoms with Crippen molar-refractivity contribution in [2.24, 2.45) is 0 Å². The van der Waals surface area contributed by atoms with Crippen LogP contribution >= 0.6 is 0 Å². The molecule has 1 atom stereocenters. The van der Waals surface area contributed by atoms with Gasteiger partial charge in [0.2, 0.25) is 0 Å². The summed E-state index contributed by atoms with van der Waals surface area (Å²) < 4.78 is 10.8. The minimum atomic E-state index is -0.212. The van der Waals surface area contributed by atoms with Crippen LogP contribution in [-0.4, -0.2) is 12.9 Å². The van der Waals surface area contributed by atoms with Crippen LogP contribution in [0.4, 0.5) is 0 Å². The Morgan fingerprint density at radius 3 is 2.60 bits per heavy atom. The second kappa shape index (κ2) is 6.07. The van der Waals surface area contributed by atoms with Gasteiger partial charge in [0.1, 0.15) is 5.75 Å². The third kappa shape index (κ3) is 4.03. The molecular formula is C13H16O2. The second-order valence-corrected chi connectivity index (χ2v) is 3.06. The SMILES string of the molecule is C=C=Cc1ccc(OC(C)OCC)cc1. The molecule has 0 amide bonds. The lowest BCUT2D eigenvalue weighted by Gasteiger charge is -2.14. The van der Waals surface area contributed by atoms with Crippen LogP contribution in [0, 0.1) is 0 Å². The Kier molecular flexibility index (Phi) is 4.69. The first kappa shape index (κ1) is 11.6. The van der Waals surface area contributed by atoms with Crippen molar-refractivity contribution in [2.45, 2.75) is 20.1 Å². The molecule has 0 aliphatic carbocycles. The van der Waals surface area contributed by atoms with Crippen molar-refractivity contribution in [3.8, 4) is 5.75 Å². The Morgan fingerprint density at radius 1 is 1.40 bits per heavy atom. The molecule has 80 valence electrons. The van der Waals surface area contributed by atoms with Crippen molar-refractivity contribution >= 4 is 6.08 Å². The molecule has 2 heteroatoms. The summed E-state index contributed by atoms with van der Waals surface area (Å²) in [6, 6.07) is 7.70. The topological polar surface area (TPSA) is 18.5 Å². The van der Waals surface area contributed by atoms with E-state index in [1.54, 1.807) is 0 Å². The van der Waals surface area contributed by atoms with E-state index >= 15 is 0 Å². The molecule has 15 heavy (non-hydrogen) atoms. The van der Waals surface area contributed by atoms with E-state index in [1.165, 1.54) is 0 Å². The Morgan fingerprint density at radius 2 is 2.07 bits per heavy atom. The van der Waals surface area contributed by atoms with Crippen molar-refractivity contribution in [3.63, 3.8) is 0 Å². The number of rotatable bonds is 5. The van der Waals surface area contributed by atoms with Crippen LogP contribution in [0.1, 0.15) is 19.4 Å². The van der Waals surface area contributed by atoms with Gasteiger partial charge in [0, 0.05) is 6.61 Å². The minimum absolute atomic E-state index is 0.212. The normalized spacial score (nSPS) is 11.6. The number of hydrogen-bond acceptors (Lipinski definition) is 2. The smallest absolute Gasteiger partial charge is 0.196 e. The van der Waals surface area contributed by atoms with Gasteiger partial charge in [-0.25, -0.2) is 0 Å². The fraction of sp³-hybridized carbons (Fsp3) is 0.308. The van der Waals surface area contributed by atoms with Crippen LogP contribution < -0.4 is 4.74 Å². The molecule has 0 heterocycles. The minimum Gasteiger partial charge on any atom is -0.465 e. The van der Waals surface area contributed by atoms with E-state index in [1.807, 2.05) is 44.2 Å². The molecule has 0 radical (unpaired) electrons. The van der Waals surface area contributed by atoms with E-state index in [-0.39, 0.29) is 6.29 Å². The lowest BCUT2D eigenvalue weighted by atomic mass is 10.2. The summed E-state index contributed by atoms with van der Waals surface area (Å²) in [5, 5.41) is 0. The summed E-state index contributed by atoms with van der Waals surface area (Å²) >= 11 is 0. The van der Waals surface area contributed by atoms with Gasteiger partial charge in [0.25, 0.3) is 0 Å². The van der Waals surface area contributed by atoms with E-state index in [2.05, 4.69) is 12.3 Å². The van der Waals surface area contributed by atoms with Gasteiger partial charge >= 0.3 is 0 Å². The Balaban J connectivity index is 2.60. The van der Waals surface area contributed by atoms with Gasteiger partial charge in [-0.15, -0.1) is 5.73 Å². The van der Waals surface area contributed by atoms with E-state index in [4.69, 9.17) is 9.47 Å². The summed E-state index contributed by atoms with van der Waals surface area (Å²) in [6.45, 7) is 7.99. The summed E-state index contributed by atoms with van der Waals surface area (Å²) in [6.07, 6.45) is 1.60. The largest absolute Gasteiger partial charge is 0.465 e. The predicted molar refractivity (Wildman–Crippen MR) is 61.8 cm³/mol. The summed E-state index contributed by atoms with van der Waals surface area (Å²) in [5.74, 6) is 0.803. The van der Waals surface area contributed by atoms with Crippen molar-refractivity contribution in [1.29, 1.82) is 0 Å². The zero-order valence-electron chi connectivity index (χ0n) is 9.19. The maximum absolute atomic E-state index is 5.52. The van der Waals surface area contributed by atoms with Crippen molar-refractivity contribution in [2.75, 3.05) is 6.61 Å². The zero-order valence-corrected chi connectivity index (χ0v) is 9.19. The average molecular weight is 204 g/mol. The van der Waals surface area contributed by atoms with Gasteiger partial charge in [-0.05, 0) is 37.6 Å². The second-order valence-electron chi connectivity index (χ2n) is 3.06. The van der Waals surface area contributed by atoms with Crippen molar-refractivity contribution in [1.82, 2.24) is 0 Å². The van der Waals surface area contributed by atoms with E-state index in [0.717, 1.165) is 11.3 Å². The fourth-order valence-corrected chi connectivity index (χ4v) is 1.22. The van der Waals surface area contributed by atoms with Gasteiger partial charge in [0.05, 0.1) is 0 Å². The van der Waals surface area contributed by atoms with Gasteiger partial charge in [-0.2, -0.15) is 0 Å². The molecule has 0 N–H and O–H groups in total. The Labute approximate surface area is 90.8 Å². The third-order valence-corrected chi connectivity index (χ3v) is 1.85. The molecule has 0 spiro atoms. The molecule has 0 fully saturated rings. The molecule has 1 aromatic carbocycles. The van der Waals surface area contributed by atoms with Crippen LogP contribution in [0.2, 0.25) is 0 Å². The van der Waals surface area contributed by atoms with Crippen LogP contribution in [-0.2, 0) is 4.74 Å². The average Bonchev–Trinajstić information content (AvgIpc) is 2.22. The molecule has 0 bridgehead atoms. The summed E-state index contributed by atoms with van der Waals surface area (Å²) in [4.78, 5) is 0. The Hall–Kier alpha value is -1.50. The van der Waals surface area contributed by atoms with Crippen LogP contribution in [0.3, 0.4) is 0 Å². The van der Waals surface area contributed by atoms with Gasteiger partial charge in [-0.1, -0.05) is 18.7 Å².